The summed E-state index contributed by atoms with van der Waals surface area (Å²) in [6, 6.07) is 3.28. The highest BCUT2D eigenvalue weighted by atomic mass is 16.5. The smallest absolute Gasteiger partial charge is 0.165 e. The van der Waals surface area contributed by atoms with Crippen LogP contribution >= 0.6 is 0 Å². The number of aliphatic hydroxyl groups excluding tert-OH is 1. The highest BCUT2D eigenvalue weighted by molar-refractivity contribution is 5.62. The van der Waals surface area contributed by atoms with Gasteiger partial charge in [-0.3, -0.25) is 0 Å². The monoisotopic (exact) mass is 303 g/mol. The summed E-state index contributed by atoms with van der Waals surface area (Å²) in [4.78, 5) is 1.48. The third-order valence-electron chi connectivity index (χ3n) is 5.80. The zero-order valence-electron chi connectivity index (χ0n) is 16.4. The zero-order valence-corrected chi connectivity index (χ0v) is 12.4. The van der Waals surface area contributed by atoms with E-state index in [1.165, 1.54) is 4.90 Å². The van der Waals surface area contributed by atoms with Crippen LogP contribution < -0.4 is 9.47 Å². The van der Waals surface area contributed by atoms with Crippen molar-refractivity contribution in [2.24, 2.45) is 5.89 Å². The van der Waals surface area contributed by atoms with Gasteiger partial charge in [-0.25, -0.2) is 0 Å². The Hall–Kier alpha value is -1.52. The molecular formula is C18H21NO3. The number of benzene rings is 1. The highest BCUT2D eigenvalue weighted by Crippen LogP contribution is 2.62. The Balaban J connectivity index is 1.81. The normalized spacial score (nSPS) is 47.6. The molecule has 4 aliphatic rings. The molecule has 2 heterocycles. The summed E-state index contributed by atoms with van der Waals surface area (Å²) in [6.45, 7) is -1.91. The van der Waals surface area contributed by atoms with Crippen molar-refractivity contribution < 1.29 is 20.1 Å². The molecule has 116 valence electrons. The molecule has 2 bridgehead atoms. The first kappa shape index (κ1) is 9.58. The summed E-state index contributed by atoms with van der Waals surface area (Å²) >= 11 is 0. The fourth-order valence-electron chi connectivity index (χ4n) is 4.90. The lowest BCUT2D eigenvalue weighted by Gasteiger charge is -2.56. The van der Waals surface area contributed by atoms with Crippen LogP contribution in [0.1, 0.15) is 23.0 Å². The summed E-state index contributed by atoms with van der Waals surface area (Å²) in [6.07, 6.45) is 2.78. The van der Waals surface area contributed by atoms with Gasteiger partial charge >= 0.3 is 0 Å². The number of piperidine rings is 1. The number of likely N-dealkylation sites (N-methyl/N-ethyl adjacent to an activating group) is 1. The van der Waals surface area contributed by atoms with Crippen LogP contribution in [-0.4, -0.2) is 48.9 Å². The standard InChI is InChI=1S/C18H21NO3/c1-19-8-7-18-11-4-5-13(20)17(18)22-16-14(21-2)6-3-10(15(16)18)9-12(11)19/h3-6,11-13,17,20H,7-9H2,1-2H3/t11-,12+,13?,17?,18-/m0/s1/i1D3,11D. The second kappa shape index (κ2) is 4.06. The van der Waals surface area contributed by atoms with Crippen molar-refractivity contribution >= 4 is 0 Å². The number of hydrogen-bond donors (Lipinski definition) is 1. The van der Waals surface area contributed by atoms with E-state index < -0.39 is 36.5 Å². The molecule has 2 unspecified atom stereocenters. The van der Waals surface area contributed by atoms with E-state index in [1.54, 1.807) is 19.3 Å². The van der Waals surface area contributed by atoms with Gasteiger partial charge < -0.3 is 19.5 Å². The van der Waals surface area contributed by atoms with Crippen LogP contribution in [0.15, 0.2) is 24.3 Å². The molecule has 0 amide bonds. The molecule has 1 fully saturated rings. The molecule has 4 heteroatoms. The van der Waals surface area contributed by atoms with Gasteiger partial charge in [0.1, 0.15) is 12.2 Å². The average molecular weight is 303 g/mol. The number of aliphatic hydroxyl groups is 1. The van der Waals surface area contributed by atoms with Crippen molar-refractivity contribution in [2.45, 2.75) is 36.5 Å². The molecule has 4 nitrogen and oxygen atoms in total. The maximum atomic E-state index is 10.6. The predicted molar refractivity (Wildman–Crippen MR) is 82.5 cm³/mol. The van der Waals surface area contributed by atoms with Gasteiger partial charge in [0.15, 0.2) is 11.5 Å². The van der Waals surface area contributed by atoms with Gasteiger partial charge in [-0.2, -0.15) is 0 Å². The number of ether oxygens (including phenoxy) is 2. The second-order valence-electron chi connectivity index (χ2n) is 6.61. The molecule has 0 saturated carbocycles. The lowest BCUT2D eigenvalue weighted by atomic mass is 9.53. The average Bonchev–Trinajstić information content (AvgIpc) is 2.92. The fourth-order valence-corrected chi connectivity index (χ4v) is 4.90. The van der Waals surface area contributed by atoms with Crippen LogP contribution in [0.25, 0.3) is 0 Å². The van der Waals surface area contributed by atoms with Crippen molar-refractivity contribution in [3.63, 3.8) is 0 Å². The van der Waals surface area contributed by atoms with Crippen LogP contribution in [0.3, 0.4) is 0 Å². The molecule has 1 aromatic rings. The molecule has 2 aliphatic heterocycles. The van der Waals surface area contributed by atoms with E-state index in [2.05, 4.69) is 0 Å². The zero-order chi connectivity index (χ0) is 18.5. The van der Waals surface area contributed by atoms with E-state index in [0.29, 0.717) is 30.9 Å². The third kappa shape index (κ3) is 1.28. The molecule has 2 aliphatic carbocycles. The molecule has 22 heavy (non-hydrogen) atoms. The fraction of sp³-hybridized carbons (Fsp3) is 0.556. The number of rotatable bonds is 1. The first-order valence-corrected chi connectivity index (χ1v) is 7.75. The highest BCUT2D eigenvalue weighted by Gasteiger charge is 2.64. The van der Waals surface area contributed by atoms with Crippen LogP contribution in [0.5, 0.6) is 11.5 Å². The van der Waals surface area contributed by atoms with Gasteiger partial charge in [0.05, 0.1) is 7.11 Å². The van der Waals surface area contributed by atoms with Gasteiger partial charge in [0.2, 0.25) is 0 Å². The van der Waals surface area contributed by atoms with E-state index in [0.717, 1.165) is 11.1 Å². The summed E-state index contributed by atoms with van der Waals surface area (Å²) in [7, 11) is 1.58. The quantitative estimate of drug-likeness (QED) is 0.799. The Morgan fingerprint density at radius 3 is 3.23 bits per heavy atom. The second-order valence-corrected chi connectivity index (χ2v) is 6.61. The Morgan fingerprint density at radius 1 is 1.50 bits per heavy atom. The van der Waals surface area contributed by atoms with Crippen molar-refractivity contribution in [3.05, 3.63) is 35.4 Å². The van der Waals surface area contributed by atoms with Crippen molar-refractivity contribution in [2.75, 3.05) is 20.6 Å². The molecule has 1 saturated heterocycles. The lowest BCUT2D eigenvalue weighted by Crippen LogP contribution is -2.64. The summed E-state index contributed by atoms with van der Waals surface area (Å²) in [5.41, 5.74) is 1.17. The van der Waals surface area contributed by atoms with E-state index in [-0.39, 0.29) is 0 Å². The van der Waals surface area contributed by atoms with Crippen LogP contribution in [0.4, 0.5) is 0 Å². The predicted octanol–water partition coefficient (Wildman–Crippen LogP) is 1.50. The topological polar surface area (TPSA) is 41.9 Å². The van der Waals surface area contributed by atoms with Crippen LogP contribution in [0, 0.1) is 5.89 Å². The van der Waals surface area contributed by atoms with Crippen LogP contribution in [0.2, 0.25) is 0 Å². The number of likely N-dealkylation sites (tertiary alicyclic amines) is 1. The van der Waals surface area contributed by atoms with Crippen LogP contribution in [-0.2, 0) is 11.8 Å². The van der Waals surface area contributed by atoms with E-state index in [4.69, 9.17) is 13.6 Å². The Bertz CT molecular complexity index is 825. The van der Waals surface area contributed by atoms with E-state index in [1.807, 2.05) is 12.1 Å². The molecule has 5 atom stereocenters. The number of nitrogens with zero attached hydrogens (tertiary/aromatic N) is 1. The number of methoxy groups -OCH3 is 1. The van der Waals surface area contributed by atoms with Gasteiger partial charge in [0, 0.05) is 28.4 Å². The molecule has 0 aromatic heterocycles. The van der Waals surface area contributed by atoms with Gasteiger partial charge in [-0.1, -0.05) is 18.2 Å². The SMILES string of the molecule is [2H]C([2H])([2H])N1CC[C@]23c4c5ccc(OC)c4OC2C(O)C=C[C@@]3([2H])[C@H]1C5. The largest absolute Gasteiger partial charge is 0.493 e. The third-order valence-corrected chi connectivity index (χ3v) is 5.80. The molecule has 1 aromatic carbocycles. The minimum atomic E-state index is -2.26. The number of hydrogen-bond acceptors (Lipinski definition) is 4. The molecular weight excluding hydrogens is 278 g/mol. The summed E-state index contributed by atoms with van der Waals surface area (Å²) in [5.74, 6) is 0.0303. The molecule has 1 spiro atoms. The maximum Gasteiger partial charge on any atom is 0.165 e. The van der Waals surface area contributed by atoms with Gasteiger partial charge in [-0.05, 0) is 38.0 Å². The van der Waals surface area contributed by atoms with Crippen molar-refractivity contribution in [3.8, 4) is 11.5 Å². The Labute approximate surface area is 135 Å². The first-order valence-electron chi connectivity index (χ1n) is 9.75. The first-order chi connectivity index (χ1) is 12.2. The van der Waals surface area contributed by atoms with E-state index >= 15 is 0 Å². The molecule has 5 rings (SSSR count). The summed E-state index contributed by atoms with van der Waals surface area (Å²) < 4.78 is 44.9. The van der Waals surface area contributed by atoms with E-state index in [9.17, 15) is 6.48 Å². The lowest BCUT2D eigenvalue weighted by molar-refractivity contribution is -0.0453. The van der Waals surface area contributed by atoms with Crippen molar-refractivity contribution in [1.82, 2.24) is 4.90 Å². The Kier molecular flexibility index (Phi) is 1.77. The van der Waals surface area contributed by atoms with Gasteiger partial charge in [0.25, 0.3) is 0 Å². The molecule has 0 radical (unpaired) electrons. The maximum absolute atomic E-state index is 10.6. The minimum absolute atomic E-state index is 0.346. The van der Waals surface area contributed by atoms with Gasteiger partial charge in [-0.15, -0.1) is 0 Å². The minimum Gasteiger partial charge on any atom is -0.493 e. The Morgan fingerprint density at radius 2 is 2.41 bits per heavy atom. The summed E-state index contributed by atoms with van der Waals surface area (Å²) in [5, 5.41) is 10.6. The molecule has 1 N–H and O–H groups in total. The van der Waals surface area contributed by atoms with Crippen molar-refractivity contribution in [1.29, 1.82) is 0 Å².